The number of hydrogen-bond acceptors (Lipinski definition) is 3. The molecule has 2 aromatic rings. The lowest BCUT2D eigenvalue weighted by molar-refractivity contribution is 0.200. The molecule has 23 heavy (non-hydrogen) atoms. The van der Waals surface area contributed by atoms with Crippen LogP contribution in [0.1, 0.15) is 18.5 Å². The second-order valence-corrected chi connectivity index (χ2v) is 5.88. The van der Waals surface area contributed by atoms with Gasteiger partial charge in [-0.3, -0.25) is 9.69 Å². The number of H-pyrrole nitrogens is 1. The van der Waals surface area contributed by atoms with Gasteiger partial charge in [-0.25, -0.2) is 0 Å². The molecule has 0 amide bonds. The predicted octanol–water partition coefficient (Wildman–Crippen LogP) is 1.92. The van der Waals surface area contributed by atoms with Gasteiger partial charge in [0.15, 0.2) is 0 Å². The number of hydrogen-bond donors (Lipinski definition) is 2. The number of nitrogens with one attached hydrogen (secondary N) is 2. The lowest BCUT2D eigenvalue weighted by Gasteiger charge is -2.31. The molecule has 1 aliphatic carbocycles. The van der Waals surface area contributed by atoms with E-state index < -0.39 is 0 Å². The summed E-state index contributed by atoms with van der Waals surface area (Å²) in [5.41, 5.74) is 2.92. The van der Waals surface area contributed by atoms with Gasteiger partial charge in [0.05, 0.1) is 5.69 Å². The molecule has 0 spiro atoms. The zero-order chi connectivity index (χ0) is 14.2. The Hall–Kier alpha value is -1.27. The molecule has 0 saturated carbocycles. The van der Waals surface area contributed by atoms with E-state index in [1.165, 1.54) is 5.57 Å². The summed E-state index contributed by atoms with van der Waals surface area (Å²) < 4.78 is 1.91. The highest BCUT2D eigenvalue weighted by Crippen LogP contribution is 2.29. The van der Waals surface area contributed by atoms with Gasteiger partial charge >= 0.3 is 0 Å². The molecule has 0 unspecified atom stereocenters. The molecular formula is C16H22Cl2N4O. The Morgan fingerprint density at radius 1 is 1.17 bits per heavy atom. The van der Waals surface area contributed by atoms with Crippen LogP contribution in [0.15, 0.2) is 35.4 Å². The first kappa shape index (κ1) is 18.1. The summed E-state index contributed by atoms with van der Waals surface area (Å²) >= 11 is 0. The third-order valence-electron chi connectivity index (χ3n) is 4.60. The summed E-state index contributed by atoms with van der Waals surface area (Å²) in [6, 6.07) is 4.27. The normalized spacial score (nSPS) is 21.6. The van der Waals surface area contributed by atoms with Crippen LogP contribution in [-0.2, 0) is 0 Å². The second kappa shape index (κ2) is 7.53. The van der Waals surface area contributed by atoms with Crippen molar-refractivity contribution in [3.05, 3.63) is 46.7 Å². The van der Waals surface area contributed by atoms with Crippen LogP contribution in [0.2, 0.25) is 0 Å². The van der Waals surface area contributed by atoms with Gasteiger partial charge in [0.2, 0.25) is 0 Å². The molecule has 2 N–H and O–H groups in total. The van der Waals surface area contributed by atoms with Gasteiger partial charge in [-0.1, -0.05) is 6.08 Å². The molecule has 1 aliphatic heterocycles. The number of piperazine rings is 1. The Kier molecular flexibility index (Phi) is 5.92. The highest BCUT2D eigenvalue weighted by molar-refractivity contribution is 5.85. The quantitative estimate of drug-likeness (QED) is 0.864. The van der Waals surface area contributed by atoms with Gasteiger partial charge in [-0.15, -0.1) is 24.8 Å². The van der Waals surface area contributed by atoms with E-state index in [2.05, 4.69) is 21.3 Å². The van der Waals surface area contributed by atoms with Gasteiger partial charge in [0, 0.05) is 44.6 Å². The predicted molar refractivity (Wildman–Crippen MR) is 98.0 cm³/mol. The number of fused-ring (bicyclic) bond motifs is 1. The van der Waals surface area contributed by atoms with E-state index in [0.29, 0.717) is 11.6 Å². The van der Waals surface area contributed by atoms with Gasteiger partial charge in [-0.05, 0) is 30.5 Å². The Morgan fingerprint density at radius 3 is 2.74 bits per heavy atom. The van der Waals surface area contributed by atoms with Gasteiger partial charge < -0.3 is 14.7 Å². The van der Waals surface area contributed by atoms with Gasteiger partial charge in [-0.2, -0.15) is 0 Å². The summed E-state index contributed by atoms with van der Waals surface area (Å²) in [7, 11) is 0. The smallest absolute Gasteiger partial charge is 0.272 e. The molecule has 126 valence electrons. The zero-order valence-corrected chi connectivity index (χ0v) is 14.5. The van der Waals surface area contributed by atoms with Crippen LogP contribution in [-0.4, -0.2) is 46.5 Å². The van der Waals surface area contributed by atoms with E-state index in [1.54, 1.807) is 0 Å². The minimum Gasteiger partial charge on any atom is -0.319 e. The highest BCUT2D eigenvalue weighted by Gasteiger charge is 2.24. The fourth-order valence-corrected chi connectivity index (χ4v) is 3.45. The van der Waals surface area contributed by atoms with Crippen molar-refractivity contribution >= 4 is 35.9 Å². The molecule has 0 radical (unpaired) electrons. The molecule has 1 saturated heterocycles. The van der Waals surface area contributed by atoms with Crippen molar-refractivity contribution in [2.75, 3.05) is 26.2 Å². The maximum absolute atomic E-state index is 12.1. The SMILES string of the molecule is Cl.Cl.O=c1[nH]c(C2=C[C@H](N3CCNCC3)CC2)cn2cccc12. The topological polar surface area (TPSA) is 52.5 Å². The molecule has 3 heterocycles. The average Bonchev–Trinajstić information content (AvgIpc) is 3.17. The van der Waals surface area contributed by atoms with Crippen molar-refractivity contribution in [1.82, 2.24) is 19.6 Å². The number of nitrogens with zero attached hydrogens (tertiary/aromatic N) is 2. The number of aromatic amines is 1. The van der Waals surface area contributed by atoms with Gasteiger partial charge in [0.25, 0.3) is 5.56 Å². The molecule has 1 fully saturated rings. The lowest BCUT2D eigenvalue weighted by atomic mass is 10.2. The molecule has 1 atom stereocenters. The number of rotatable bonds is 2. The van der Waals surface area contributed by atoms with Crippen LogP contribution >= 0.6 is 24.8 Å². The van der Waals surface area contributed by atoms with E-state index in [4.69, 9.17) is 0 Å². The molecule has 4 rings (SSSR count). The van der Waals surface area contributed by atoms with Crippen LogP contribution < -0.4 is 10.9 Å². The van der Waals surface area contributed by atoms with Crippen LogP contribution in [0.25, 0.3) is 11.1 Å². The Morgan fingerprint density at radius 2 is 1.96 bits per heavy atom. The average molecular weight is 357 g/mol. The van der Waals surface area contributed by atoms with Crippen LogP contribution in [0.5, 0.6) is 0 Å². The summed E-state index contributed by atoms with van der Waals surface area (Å²) in [4.78, 5) is 17.6. The van der Waals surface area contributed by atoms with Crippen LogP contribution in [0.4, 0.5) is 0 Å². The van der Waals surface area contributed by atoms with Crippen LogP contribution in [0.3, 0.4) is 0 Å². The molecule has 5 nitrogen and oxygen atoms in total. The van der Waals surface area contributed by atoms with E-state index in [0.717, 1.165) is 44.7 Å². The molecule has 0 aromatic carbocycles. The van der Waals surface area contributed by atoms with Crippen molar-refractivity contribution in [3.8, 4) is 0 Å². The minimum absolute atomic E-state index is 0. The number of allylic oxidation sites excluding steroid dienone is 1. The third kappa shape index (κ3) is 3.48. The first-order valence-corrected chi connectivity index (χ1v) is 7.67. The van der Waals surface area contributed by atoms with Crippen molar-refractivity contribution in [1.29, 1.82) is 0 Å². The summed E-state index contributed by atoms with van der Waals surface area (Å²) in [6.45, 7) is 4.38. The summed E-state index contributed by atoms with van der Waals surface area (Å²) in [5, 5.41) is 3.39. The third-order valence-corrected chi connectivity index (χ3v) is 4.60. The number of aromatic nitrogens is 2. The maximum Gasteiger partial charge on any atom is 0.272 e. The monoisotopic (exact) mass is 356 g/mol. The van der Waals surface area contributed by atoms with E-state index >= 15 is 0 Å². The maximum atomic E-state index is 12.1. The fourth-order valence-electron chi connectivity index (χ4n) is 3.45. The van der Waals surface area contributed by atoms with E-state index in [1.807, 2.05) is 28.9 Å². The fraction of sp³-hybridized carbons (Fsp3) is 0.438. The molecule has 7 heteroatoms. The van der Waals surface area contributed by atoms with E-state index in [9.17, 15) is 4.79 Å². The van der Waals surface area contributed by atoms with Crippen molar-refractivity contribution in [3.63, 3.8) is 0 Å². The van der Waals surface area contributed by atoms with Crippen molar-refractivity contribution in [2.45, 2.75) is 18.9 Å². The summed E-state index contributed by atoms with van der Waals surface area (Å²) in [6.07, 6.45) is 8.49. The van der Waals surface area contributed by atoms with Gasteiger partial charge in [0.1, 0.15) is 5.52 Å². The first-order chi connectivity index (χ1) is 10.3. The molecular weight excluding hydrogens is 335 g/mol. The first-order valence-electron chi connectivity index (χ1n) is 7.67. The second-order valence-electron chi connectivity index (χ2n) is 5.88. The largest absolute Gasteiger partial charge is 0.319 e. The number of halogens is 2. The Balaban J connectivity index is 0.000000960. The lowest BCUT2D eigenvalue weighted by Crippen LogP contribution is -2.47. The Bertz CT molecular complexity index is 746. The Labute approximate surface area is 147 Å². The van der Waals surface area contributed by atoms with Crippen LogP contribution in [0, 0.1) is 0 Å². The molecule has 0 bridgehead atoms. The zero-order valence-electron chi connectivity index (χ0n) is 12.8. The molecule has 2 aromatic heterocycles. The van der Waals surface area contributed by atoms with E-state index in [-0.39, 0.29) is 30.4 Å². The highest BCUT2D eigenvalue weighted by atomic mass is 35.5. The molecule has 2 aliphatic rings. The standard InChI is InChI=1S/C16H20N4O.2ClH/c21-16-15-2-1-7-20(15)11-14(18-16)12-3-4-13(10-12)19-8-5-17-6-9-19;;/h1-2,7,10-11,13,17H,3-6,8-9H2,(H,18,21);2*1H/t13-;;/m1../s1. The van der Waals surface area contributed by atoms with Crippen molar-refractivity contribution < 1.29 is 0 Å². The summed E-state index contributed by atoms with van der Waals surface area (Å²) in [5.74, 6) is 0. The van der Waals surface area contributed by atoms with Crippen molar-refractivity contribution in [2.24, 2.45) is 0 Å². The minimum atomic E-state index is -0.0102.